The van der Waals surface area contributed by atoms with Crippen molar-refractivity contribution in [1.29, 1.82) is 0 Å². The zero-order valence-electron chi connectivity index (χ0n) is 24.7. The first-order valence-corrected chi connectivity index (χ1v) is 14.6. The molecule has 10 nitrogen and oxygen atoms in total. The van der Waals surface area contributed by atoms with E-state index in [1.54, 1.807) is 12.1 Å². The van der Waals surface area contributed by atoms with Gasteiger partial charge >= 0.3 is 29.2 Å². The highest BCUT2D eigenvalue weighted by Gasteiger charge is 2.38. The fraction of sp³-hybridized carbons (Fsp3) is 0.300. The smallest absolute Gasteiger partial charge is 0.490 e. The van der Waals surface area contributed by atoms with Crippen molar-refractivity contribution in [3.8, 4) is 5.75 Å². The van der Waals surface area contributed by atoms with E-state index in [1.165, 1.54) is 23.3 Å². The maximum absolute atomic E-state index is 13.7. The summed E-state index contributed by atoms with van der Waals surface area (Å²) in [4.78, 5) is 31.8. The van der Waals surface area contributed by atoms with Gasteiger partial charge in [-0.25, -0.2) is 14.0 Å². The summed E-state index contributed by atoms with van der Waals surface area (Å²) in [6.45, 7) is 2.48. The maximum atomic E-state index is 13.7. The number of aromatic hydroxyl groups is 1. The number of rotatable bonds is 11. The lowest BCUT2D eigenvalue weighted by atomic mass is 10.1. The van der Waals surface area contributed by atoms with Gasteiger partial charge in [0.2, 0.25) is 0 Å². The Morgan fingerprint density at radius 2 is 1.35 bits per heavy atom. The van der Waals surface area contributed by atoms with Crippen LogP contribution in [0.4, 0.5) is 30.7 Å². The molecule has 0 fully saturated rings. The molecule has 0 saturated heterocycles. The van der Waals surface area contributed by atoms with Crippen LogP contribution in [0.1, 0.15) is 28.4 Å². The minimum atomic E-state index is -5.08. The number of halogens is 7. The molecule has 18 heteroatoms. The van der Waals surface area contributed by atoms with Gasteiger partial charge in [0, 0.05) is 18.7 Å². The fourth-order valence-electron chi connectivity index (χ4n) is 3.86. The predicted octanol–water partition coefficient (Wildman–Crippen LogP) is 4.90. The number of nitrogens with one attached hydrogen (secondary N) is 3. The Kier molecular flexibility index (Phi) is 15.0. The zero-order chi connectivity index (χ0) is 36.1. The summed E-state index contributed by atoms with van der Waals surface area (Å²) in [5, 5.41) is 41.3. The van der Waals surface area contributed by atoms with Crippen LogP contribution in [0.25, 0.3) is 10.2 Å². The molecule has 7 N–H and O–H groups in total. The Morgan fingerprint density at radius 3 is 1.92 bits per heavy atom. The Labute approximate surface area is 271 Å². The number of hydrogen-bond donors (Lipinski definition) is 7. The molecule has 3 aromatic carbocycles. The molecular formula is C30H30F7N3O7S. The summed E-state index contributed by atoms with van der Waals surface area (Å²) in [6, 6.07) is 18.3. The molecule has 0 aliphatic rings. The zero-order valence-corrected chi connectivity index (χ0v) is 25.5. The third kappa shape index (κ3) is 13.3. The normalized spacial score (nSPS) is 12.0. The summed E-state index contributed by atoms with van der Waals surface area (Å²) < 4.78 is 77.7. The van der Waals surface area contributed by atoms with Crippen molar-refractivity contribution in [1.82, 2.24) is 15.6 Å². The number of aliphatic hydroxyl groups is 1. The molecule has 262 valence electrons. The summed E-state index contributed by atoms with van der Waals surface area (Å²) >= 11 is 0.984. The molecule has 0 bridgehead atoms. The predicted molar refractivity (Wildman–Crippen MR) is 161 cm³/mol. The van der Waals surface area contributed by atoms with Crippen LogP contribution in [0.5, 0.6) is 5.75 Å². The van der Waals surface area contributed by atoms with Crippen molar-refractivity contribution >= 4 is 33.5 Å². The second-order valence-electron chi connectivity index (χ2n) is 9.80. The minimum Gasteiger partial charge on any atom is -0.506 e. The van der Waals surface area contributed by atoms with Gasteiger partial charge in [0.15, 0.2) is 0 Å². The Morgan fingerprint density at radius 1 is 0.812 bits per heavy atom. The van der Waals surface area contributed by atoms with Crippen LogP contribution >= 0.6 is 11.3 Å². The van der Waals surface area contributed by atoms with E-state index < -0.39 is 30.4 Å². The molecule has 0 saturated carbocycles. The van der Waals surface area contributed by atoms with Crippen LogP contribution in [0, 0.1) is 5.82 Å². The Hall–Kier alpha value is -4.52. The number of fused-ring (bicyclic) bond motifs is 1. The van der Waals surface area contributed by atoms with Gasteiger partial charge in [0.1, 0.15) is 17.1 Å². The van der Waals surface area contributed by atoms with E-state index >= 15 is 0 Å². The molecular weight excluding hydrogens is 679 g/mol. The first kappa shape index (κ1) is 39.7. The number of thiazole rings is 1. The van der Waals surface area contributed by atoms with Crippen LogP contribution in [0.15, 0.2) is 65.5 Å². The standard InChI is InChI=1S/C26H28FN3O3S.2C2HF3O2/c27-21-4-2-1-3-19(21)12-14-28-15-18-7-5-17(6-8-18)11-13-29-16-23(32)20-9-10-22(31)24-25(20)34-26(33)30-24;2*3-2(4,5)1(6)7/h1-10,23,28-29,31-32H,11-16H2,(H,30,33);2*(H,6,7)/t23-;;/m0../s1. The van der Waals surface area contributed by atoms with Gasteiger partial charge in [-0.2, -0.15) is 26.3 Å². The van der Waals surface area contributed by atoms with E-state index in [0.29, 0.717) is 41.8 Å². The van der Waals surface area contributed by atoms with Gasteiger partial charge in [-0.05, 0) is 54.8 Å². The lowest BCUT2D eigenvalue weighted by molar-refractivity contribution is -0.193. The molecule has 48 heavy (non-hydrogen) atoms. The number of phenolic OH excluding ortho intramolecular Hbond substituents is 1. The van der Waals surface area contributed by atoms with E-state index in [-0.39, 0.29) is 16.4 Å². The van der Waals surface area contributed by atoms with Gasteiger partial charge in [-0.15, -0.1) is 0 Å². The number of aliphatic carboxylic acids is 2. The minimum absolute atomic E-state index is 0.000924. The van der Waals surface area contributed by atoms with Crippen LogP contribution < -0.4 is 15.5 Å². The van der Waals surface area contributed by atoms with E-state index in [0.717, 1.165) is 29.9 Å². The van der Waals surface area contributed by atoms with E-state index in [4.69, 9.17) is 19.8 Å². The molecule has 0 amide bonds. The highest BCUT2D eigenvalue weighted by atomic mass is 32.1. The Balaban J connectivity index is 0.000000479. The van der Waals surface area contributed by atoms with Crippen molar-refractivity contribution in [2.75, 3.05) is 19.6 Å². The average molecular weight is 710 g/mol. The number of aromatic nitrogens is 1. The first-order chi connectivity index (χ1) is 22.4. The number of phenols is 1. The van der Waals surface area contributed by atoms with E-state index in [2.05, 4.69) is 39.9 Å². The highest BCUT2D eigenvalue weighted by molar-refractivity contribution is 7.16. The van der Waals surface area contributed by atoms with Crippen molar-refractivity contribution in [3.05, 3.63) is 98.4 Å². The quantitative estimate of drug-likeness (QED) is 0.0846. The number of H-pyrrole nitrogens is 1. The van der Waals surface area contributed by atoms with Crippen molar-refractivity contribution < 1.29 is 60.7 Å². The molecule has 4 rings (SSSR count). The molecule has 1 aromatic heterocycles. The fourth-order valence-corrected chi connectivity index (χ4v) is 4.78. The van der Waals surface area contributed by atoms with Crippen molar-refractivity contribution in [2.24, 2.45) is 0 Å². The van der Waals surface area contributed by atoms with Gasteiger partial charge in [0.25, 0.3) is 0 Å². The van der Waals surface area contributed by atoms with Crippen molar-refractivity contribution in [3.63, 3.8) is 0 Å². The molecule has 0 unspecified atom stereocenters. The summed E-state index contributed by atoms with van der Waals surface area (Å²) in [7, 11) is 0. The topological polar surface area (TPSA) is 172 Å². The second-order valence-corrected chi connectivity index (χ2v) is 10.8. The highest BCUT2D eigenvalue weighted by Crippen LogP contribution is 2.31. The van der Waals surface area contributed by atoms with Crippen LogP contribution in [-0.2, 0) is 29.0 Å². The van der Waals surface area contributed by atoms with Gasteiger partial charge < -0.3 is 36.0 Å². The van der Waals surface area contributed by atoms with Crippen LogP contribution in [0.3, 0.4) is 0 Å². The van der Waals surface area contributed by atoms with Crippen molar-refractivity contribution in [2.45, 2.75) is 37.8 Å². The monoisotopic (exact) mass is 709 g/mol. The molecule has 0 aliphatic heterocycles. The number of carboxylic acids is 2. The lowest BCUT2D eigenvalue weighted by Crippen LogP contribution is -2.23. The van der Waals surface area contributed by atoms with Gasteiger partial charge in [-0.3, -0.25) is 4.79 Å². The lowest BCUT2D eigenvalue weighted by Gasteiger charge is -2.13. The third-order valence-corrected chi connectivity index (χ3v) is 7.17. The molecule has 0 spiro atoms. The SMILES string of the molecule is O=C(O)C(F)(F)F.O=C(O)C(F)(F)F.O=c1[nH]c2c(O)ccc([C@@H](O)CNCCc3ccc(CNCCc4ccccc4F)cc3)c2s1. The molecule has 0 radical (unpaired) electrons. The molecule has 1 heterocycles. The van der Waals surface area contributed by atoms with Gasteiger partial charge in [0.05, 0.1) is 10.8 Å². The first-order valence-electron chi connectivity index (χ1n) is 13.8. The number of aliphatic hydroxyl groups excluding tert-OH is 1. The van der Waals surface area contributed by atoms with E-state index in [1.807, 2.05) is 12.1 Å². The maximum Gasteiger partial charge on any atom is 0.490 e. The average Bonchev–Trinajstić information content (AvgIpc) is 3.41. The summed E-state index contributed by atoms with van der Waals surface area (Å²) in [6.07, 6.45) is -9.48. The number of aromatic amines is 1. The molecule has 1 atom stereocenters. The molecule has 0 aliphatic carbocycles. The number of benzene rings is 3. The summed E-state index contributed by atoms with van der Waals surface area (Å²) in [5.74, 6) is -5.67. The molecule has 4 aromatic rings. The number of carboxylic acid groups (broad SMARTS) is 2. The van der Waals surface area contributed by atoms with Crippen LogP contribution in [-0.4, -0.2) is 69.3 Å². The van der Waals surface area contributed by atoms with Gasteiger partial charge in [-0.1, -0.05) is 59.9 Å². The largest absolute Gasteiger partial charge is 0.506 e. The number of hydrogen-bond acceptors (Lipinski definition) is 8. The number of carbonyl (C=O) groups is 2. The second kappa shape index (κ2) is 18.1. The third-order valence-electron chi connectivity index (χ3n) is 6.24. The Bertz CT molecular complexity index is 1670. The number of alkyl halides is 6. The van der Waals surface area contributed by atoms with Crippen LogP contribution in [0.2, 0.25) is 0 Å². The summed E-state index contributed by atoms with van der Waals surface area (Å²) in [5.41, 5.74) is 4.07. The van der Waals surface area contributed by atoms with E-state index in [9.17, 15) is 45.7 Å².